The molecule has 3 aromatic rings. The summed E-state index contributed by atoms with van der Waals surface area (Å²) in [5.74, 6) is 0.572. The number of aromatic nitrogens is 3. The summed E-state index contributed by atoms with van der Waals surface area (Å²) in [7, 11) is 0. The van der Waals surface area contributed by atoms with Crippen molar-refractivity contribution in [2.45, 2.75) is 6.54 Å². The Morgan fingerprint density at radius 2 is 1.64 bits per heavy atom. The standard InChI is InChI=1S/C21H22N6O/c28-21(27-14-12-26(13-15-27)18-4-2-1-3-5-18)19-6-7-20(25-24-19)23-16-17-8-10-22-11-9-17/h1-11H,12-16H2,(H,23,25). The minimum atomic E-state index is -0.0686. The lowest BCUT2D eigenvalue weighted by Crippen LogP contribution is -2.49. The van der Waals surface area contributed by atoms with Gasteiger partial charge in [-0.1, -0.05) is 18.2 Å². The smallest absolute Gasteiger partial charge is 0.274 e. The fraction of sp³-hybridized carbons (Fsp3) is 0.238. The molecule has 0 bridgehead atoms. The average Bonchev–Trinajstić information content (AvgIpc) is 2.79. The van der Waals surface area contributed by atoms with Crippen molar-refractivity contribution in [3.05, 3.63) is 78.2 Å². The molecule has 0 aliphatic carbocycles. The van der Waals surface area contributed by atoms with Crippen LogP contribution in [0.4, 0.5) is 11.5 Å². The maximum Gasteiger partial charge on any atom is 0.274 e. The molecule has 3 heterocycles. The van der Waals surface area contributed by atoms with Gasteiger partial charge in [0, 0.05) is 50.8 Å². The van der Waals surface area contributed by atoms with E-state index in [-0.39, 0.29) is 5.91 Å². The maximum absolute atomic E-state index is 12.7. The Labute approximate surface area is 164 Å². The van der Waals surface area contributed by atoms with Gasteiger partial charge in [-0.3, -0.25) is 9.78 Å². The van der Waals surface area contributed by atoms with Gasteiger partial charge in [0.1, 0.15) is 5.82 Å². The quantitative estimate of drug-likeness (QED) is 0.739. The van der Waals surface area contributed by atoms with E-state index in [4.69, 9.17) is 0 Å². The Balaban J connectivity index is 1.31. The summed E-state index contributed by atoms with van der Waals surface area (Å²) in [6.45, 7) is 3.62. The summed E-state index contributed by atoms with van der Waals surface area (Å²) >= 11 is 0. The van der Waals surface area contributed by atoms with Gasteiger partial charge in [-0.15, -0.1) is 10.2 Å². The highest BCUT2D eigenvalue weighted by atomic mass is 16.2. The van der Waals surface area contributed by atoms with E-state index in [1.807, 2.05) is 35.2 Å². The number of hydrogen-bond donors (Lipinski definition) is 1. The number of piperazine rings is 1. The summed E-state index contributed by atoms with van der Waals surface area (Å²) in [6, 6.07) is 17.7. The third kappa shape index (κ3) is 4.25. The van der Waals surface area contributed by atoms with Gasteiger partial charge < -0.3 is 15.1 Å². The van der Waals surface area contributed by atoms with Crippen LogP contribution in [0.1, 0.15) is 16.1 Å². The first-order valence-electron chi connectivity index (χ1n) is 9.35. The van der Waals surface area contributed by atoms with E-state index in [1.165, 1.54) is 5.69 Å². The number of rotatable bonds is 5. The second-order valence-corrected chi connectivity index (χ2v) is 6.63. The number of benzene rings is 1. The number of carbonyl (C=O) groups is 1. The Kier molecular flexibility index (Phi) is 5.42. The van der Waals surface area contributed by atoms with Crippen molar-refractivity contribution < 1.29 is 4.79 Å². The number of carbonyl (C=O) groups excluding carboxylic acids is 1. The van der Waals surface area contributed by atoms with E-state index >= 15 is 0 Å². The van der Waals surface area contributed by atoms with E-state index in [9.17, 15) is 4.79 Å². The molecule has 7 heteroatoms. The topological polar surface area (TPSA) is 74.2 Å². The highest BCUT2D eigenvalue weighted by Gasteiger charge is 2.23. The maximum atomic E-state index is 12.7. The highest BCUT2D eigenvalue weighted by molar-refractivity contribution is 5.92. The summed E-state index contributed by atoms with van der Waals surface area (Å²) < 4.78 is 0. The second kappa shape index (κ2) is 8.47. The summed E-state index contributed by atoms with van der Waals surface area (Å²) in [4.78, 5) is 20.8. The van der Waals surface area contributed by atoms with E-state index in [0.717, 1.165) is 18.7 Å². The monoisotopic (exact) mass is 374 g/mol. The number of amides is 1. The first kappa shape index (κ1) is 17.9. The largest absolute Gasteiger partial charge is 0.368 e. The normalized spacial score (nSPS) is 14.0. The summed E-state index contributed by atoms with van der Waals surface area (Å²) in [5.41, 5.74) is 2.68. The summed E-state index contributed by atoms with van der Waals surface area (Å²) in [6.07, 6.45) is 3.50. The predicted octanol–water partition coefficient (Wildman–Crippen LogP) is 2.45. The van der Waals surface area contributed by atoms with Crippen molar-refractivity contribution in [2.75, 3.05) is 36.4 Å². The number of hydrogen-bond acceptors (Lipinski definition) is 6. The fourth-order valence-corrected chi connectivity index (χ4v) is 3.20. The number of nitrogens with one attached hydrogen (secondary N) is 1. The molecule has 1 aromatic carbocycles. The van der Waals surface area contributed by atoms with Crippen LogP contribution in [-0.2, 0) is 6.54 Å². The van der Waals surface area contributed by atoms with Crippen molar-refractivity contribution in [1.29, 1.82) is 0 Å². The first-order chi connectivity index (χ1) is 13.8. The third-order valence-electron chi connectivity index (χ3n) is 4.79. The minimum Gasteiger partial charge on any atom is -0.368 e. The molecule has 28 heavy (non-hydrogen) atoms. The SMILES string of the molecule is O=C(c1ccc(NCc2ccncc2)nn1)N1CCN(c2ccccc2)CC1. The van der Waals surface area contributed by atoms with Crippen LogP contribution in [0.5, 0.6) is 0 Å². The van der Waals surface area contributed by atoms with Crippen molar-refractivity contribution in [3.8, 4) is 0 Å². The van der Waals surface area contributed by atoms with Gasteiger partial charge in [0.25, 0.3) is 5.91 Å². The van der Waals surface area contributed by atoms with Crippen molar-refractivity contribution >= 4 is 17.4 Å². The molecule has 7 nitrogen and oxygen atoms in total. The second-order valence-electron chi connectivity index (χ2n) is 6.63. The zero-order chi connectivity index (χ0) is 19.2. The number of anilines is 2. The van der Waals surface area contributed by atoms with Gasteiger partial charge in [-0.2, -0.15) is 0 Å². The van der Waals surface area contributed by atoms with Gasteiger partial charge >= 0.3 is 0 Å². The molecule has 0 atom stereocenters. The van der Waals surface area contributed by atoms with Crippen LogP contribution in [0.25, 0.3) is 0 Å². The van der Waals surface area contributed by atoms with Crippen molar-refractivity contribution in [2.24, 2.45) is 0 Å². The number of para-hydroxylation sites is 1. The van der Waals surface area contributed by atoms with Crippen LogP contribution < -0.4 is 10.2 Å². The van der Waals surface area contributed by atoms with Crippen LogP contribution in [0.3, 0.4) is 0 Å². The van der Waals surface area contributed by atoms with Gasteiger partial charge in [0.05, 0.1) is 0 Å². The Morgan fingerprint density at radius 1 is 0.893 bits per heavy atom. The van der Waals surface area contributed by atoms with Crippen LogP contribution in [-0.4, -0.2) is 52.2 Å². The molecule has 0 radical (unpaired) electrons. The molecule has 1 saturated heterocycles. The van der Waals surface area contributed by atoms with E-state index in [2.05, 4.69) is 37.5 Å². The van der Waals surface area contributed by atoms with Crippen LogP contribution >= 0.6 is 0 Å². The van der Waals surface area contributed by atoms with Gasteiger partial charge in [-0.05, 0) is 42.0 Å². The lowest BCUT2D eigenvalue weighted by Gasteiger charge is -2.35. The Hall–Kier alpha value is -3.48. The Bertz CT molecular complexity index is 893. The zero-order valence-corrected chi connectivity index (χ0v) is 15.5. The molecule has 4 rings (SSSR count). The third-order valence-corrected chi connectivity index (χ3v) is 4.79. The molecular weight excluding hydrogens is 352 g/mol. The first-order valence-corrected chi connectivity index (χ1v) is 9.35. The molecule has 1 aliphatic heterocycles. The molecule has 0 spiro atoms. The highest BCUT2D eigenvalue weighted by Crippen LogP contribution is 2.16. The molecule has 1 fully saturated rings. The van der Waals surface area contributed by atoms with Gasteiger partial charge in [0.15, 0.2) is 5.69 Å². The molecular formula is C21H22N6O. The lowest BCUT2D eigenvalue weighted by atomic mass is 10.2. The van der Waals surface area contributed by atoms with Crippen LogP contribution in [0.2, 0.25) is 0 Å². The van der Waals surface area contributed by atoms with E-state index in [1.54, 1.807) is 24.5 Å². The van der Waals surface area contributed by atoms with Gasteiger partial charge in [0.2, 0.25) is 0 Å². The predicted molar refractivity (Wildman–Crippen MR) is 108 cm³/mol. The molecule has 0 saturated carbocycles. The average molecular weight is 374 g/mol. The van der Waals surface area contributed by atoms with Crippen LogP contribution in [0, 0.1) is 0 Å². The zero-order valence-electron chi connectivity index (χ0n) is 15.5. The van der Waals surface area contributed by atoms with Crippen molar-refractivity contribution in [1.82, 2.24) is 20.1 Å². The number of nitrogens with zero attached hydrogens (tertiary/aromatic N) is 5. The van der Waals surface area contributed by atoms with Crippen molar-refractivity contribution in [3.63, 3.8) is 0 Å². The number of pyridine rings is 1. The molecule has 2 aromatic heterocycles. The minimum absolute atomic E-state index is 0.0686. The fourth-order valence-electron chi connectivity index (χ4n) is 3.20. The molecule has 1 amide bonds. The lowest BCUT2D eigenvalue weighted by molar-refractivity contribution is 0.0739. The molecule has 1 aliphatic rings. The van der Waals surface area contributed by atoms with E-state index in [0.29, 0.717) is 31.1 Å². The van der Waals surface area contributed by atoms with Gasteiger partial charge in [-0.25, -0.2) is 0 Å². The van der Waals surface area contributed by atoms with E-state index < -0.39 is 0 Å². The summed E-state index contributed by atoms with van der Waals surface area (Å²) in [5, 5.41) is 11.4. The molecule has 0 unspecified atom stereocenters. The molecule has 142 valence electrons. The molecule has 1 N–H and O–H groups in total. The van der Waals surface area contributed by atoms with Crippen LogP contribution in [0.15, 0.2) is 67.0 Å². The Morgan fingerprint density at radius 3 is 2.32 bits per heavy atom.